The van der Waals surface area contributed by atoms with Gasteiger partial charge in [-0.15, -0.1) is 0 Å². The summed E-state index contributed by atoms with van der Waals surface area (Å²) in [4.78, 5) is 23.8. The fourth-order valence-corrected chi connectivity index (χ4v) is 1.98. The Morgan fingerprint density at radius 3 is 2.41 bits per heavy atom. The molecule has 0 radical (unpaired) electrons. The van der Waals surface area contributed by atoms with E-state index in [2.05, 4.69) is 5.32 Å². The molecule has 0 bridgehead atoms. The summed E-state index contributed by atoms with van der Waals surface area (Å²) in [5.41, 5.74) is 0.745. The summed E-state index contributed by atoms with van der Waals surface area (Å²) in [6.45, 7) is 2.47. The van der Waals surface area contributed by atoms with Crippen LogP contribution in [-0.4, -0.2) is 35.6 Å². The number of carbonyl (C=O) groups is 2. The topological polar surface area (TPSA) is 69.6 Å². The van der Waals surface area contributed by atoms with E-state index in [-0.39, 0.29) is 11.6 Å². The average Bonchev–Trinajstić information content (AvgIpc) is 2.59. The van der Waals surface area contributed by atoms with Gasteiger partial charge in [-0.2, -0.15) is 0 Å². The number of carbonyl (C=O) groups excluding carboxylic acids is 1. The van der Waals surface area contributed by atoms with Crippen molar-refractivity contribution >= 4 is 12.0 Å². The second-order valence-corrected chi connectivity index (χ2v) is 4.37. The Hall–Kier alpha value is -2.04. The highest BCUT2D eigenvalue weighted by Crippen LogP contribution is 2.30. The second-order valence-electron chi connectivity index (χ2n) is 4.37. The van der Waals surface area contributed by atoms with Crippen molar-refractivity contribution in [3.8, 4) is 0 Å². The number of amides is 2. The molecule has 1 heterocycles. The van der Waals surface area contributed by atoms with Crippen LogP contribution in [0.3, 0.4) is 0 Å². The maximum atomic E-state index is 11.5. The summed E-state index contributed by atoms with van der Waals surface area (Å²) in [5, 5.41) is 11.6. The third kappa shape index (κ3) is 1.73. The molecule has 5 nitrogen and oxygen atoms in total. The summed E-state index contributed by atoms with van der Waals surface area (Å²) in [7, 11) is 1.73. The van der Waals surface area contributed by atoms with E-state index < -0.39 is 11.5 Å². The number of nitrogens with zero attached hydrogens (tertiary/aromatic N) is 1. The van der Waals surface area contributed by atoms with E-state index in [0.717, 1.165) is 5.56 Å². The minimum atomic E-state index is -0.948. The van der Waals surface area contributed by atoms with Crippen LogP contribution in [0.4, 0.5) is 4.79 Å². The van der Waals surface area contributed by atoms with Crippen LogP contribution in [0.15, 0.2) is 24.3 Å². The molecule has 2 amide bonds. The molecule has 1 aliphatic heterocycles. The molecule has 1 unspecified atom stereocenters. The molecule has 1 aromatic rings. The molecule has 1 atom stereocenters. The molecule has 1 fully saturated rings. The molecular weight excluding hydrogens is 220 g/mol. The van der Waals surface area contributed by atoms with E-state index in [9.17, 15) is 9.59 Å². The van der Waals surface area contributed by atoms with E-state index in [1.54, 1.807) is 36.2 Å². The molecule has 0 spiro atoms. The largest absolute Gasteiger partial charge is 0.478 e. The van der Waals surface area contributed by atoms with Gasteiger partial charge in [0.15, 0.2) is 0 Å². The lowest BCUT2D eigenvalue weighted by Crippen LogP contribution is -2.39. The molecule has 2 rings (SSSR count). The van der Waals surface area contributed by atoms with Crippen molar-refractivity contribution in [2.24, 2.45) is 0 Å². The lowest BCUT2D eigenvalue weighted by Gasteiger charge is -2.31. The predicted molar refractivity (Wildman–Crippen MR) is 61.9 cm³/mol. The number of hydrogen-bond acceptors (Lipinski definition) is 2. The van der Waals surface area contributed by atoms with Gasteiger partial charge in [0, 0.05) is 13.6 Å². The number of nitrogens with one attached hydrogen (secondary N) is 1. The molecule has 0 saturated carbocycles. The van der Waals surface area contributed by atoms with E-state index in [1.807, 2.05) is 6.92 Å². The Morgan fingerprint density at radius 1 is 1.41 bits per heavy atom. The highest BCUT2D eigenvalue weighted by atomic mass is 16.4. The summed E-state index contributed by atoms with van der Waals surface area (Å²) in [6.07, 6.45) is 0. The van der Waals surface area contributed by atoms with Crippen molar-refractivity contribution in [1.29, 1.82) is 0 Å². The van der Waals surface area contributed by atoms with Crippen LogP contribution in [0.2, 0.25) is 0 Å². The zero-order valence-corrected chi connectivity index (χ0v) is 9.73. The Kier molecular flexibility index (Phi) is 2.53. The molecule has 5 heteroatoms. The summed E-state index contributed by atoms with van der Waals surface area (Å²) < 4.78 is 0. The van der Waals surface area contributed by atoms with Crippen molar-refractivity contribution in [2.45, 2.75) is 12.5 Å². The van der Waals surface area contributed by atoms with Gasteiger partial charge in [-0.3, -0.25) is 0 Å². The Morgan fingerprint density at radius 2 is 2.00 bits per heavy atom. The zero-order chi connectivity index (χ0) is 12.6. The van der Waals surface area contributed by atoms with Crippen LogP contribution in [0, 0.1) is 0 Å². The quantitative estimate of drug-likeness (QED) is 0.809. The number of likely N-dealkylation sites (N-methyl/N-ethyl adjacent to an activating group) is 1. The standard InChI is InChI=1S/C12H14N2O3/c1-12(7-13-11(17)14(12)2)9-5-3-8(4-6-9)10(15)16/h3-6H,7H2,1-2H3,(H,13,17)(H,15,16). The van der Waals surface area contributed by atoms with Crippen molar-refractivity contribution < 1.29 is 14.7 Å². The van der Waals surface area contributed by atoms with Crippen LogP contribution in [0.1, 0.15) is 22.8 Å². The van der Waals surface area contributed by atoms with Gasteiger partial charge in [0.2, 0.25) is 0 Å². The Balaban J connectivity index is 2.34. The van der Waals surface area contributed by atoms with Crippen molar-refractivity contribution in [3.63, 3.8) is 0 Å². The minimum absolute atomic E-state index is 0.116. The van der Waals surface area contributed by atoms with Crippen molar-refractivity contribution in [3.05, 3.63) is 35.4 Å². The summed E-state index contributed by atoms with van der Waals surface area (Å²) in [6, 6.07) is 6.49. The number of rotatable bonds is 2. The molecule has 1 aliphatic rings. The fourth-order valence-electron chi connectivity index (χ4n) is 1.98. The van der Waals surface area contributed by atoms with Gasteiger partial charge in [-0.25, -0.2) is 9.59 Å². The first-order valence-electron chi connectivity index (χ1n) is 5.30. The fraction of sp³-hybridized carbons (Fsp3) is 0.333. The molecule has 1 aromatic carbocycles. The third-order valence-corrected chi connectivity index (χ3v) is 3.38. The first-order chi connectivity index (χ1) is 7.95. The number of benzene rings is 1. The average molecular weight is 234 g/mol. The van der Waals surface area contributed by atoms with Gasteiger partial charge in [-0.1, -0.05) is 12.1 Å². The van der Waals surface area contributed by atoms with Crippen molar-refractivity contribution in [2.75, 3.05) is 13.6 Å². The molecule has 0 aliphatic carbocycles. The van der Waals surface area contributed by atoms with Crippen LogP contribution >= 0.6 is 0 Å². The summed E-state index contributed by atoms with van der Waals surface area (Å²) in [5.74, 6) is -0.948. The van der Waals surface area contributed by atoms with E-state index >= 15 is 0 Å². The zero-order valence-electron chi connectivity index (χ0n) is 9.73. The van der Waals surface area contributed by atoms with E-state index in [0.29, 0.717) is 6.54 Å². The van der Waals surface area contributed by atoms with Gasteiger partial charge in [0.1, 0.15) is 0 Å². The molecule has 0 aromatic heterocycles. The Labute approximate surface area is 99.0 Å². The van der Waals surface area contributed by atoms with Gasteiger partial charge < -0.3 is 15.3 Å². The normalized spacial score (nSPS) is 23.6. The predicted octanol–water partition coefficient (Wildman–Crippen LogP) is 1.26. The summed E-state index contributed by atoms with van der Waals surface area (Å²) >= 11 is 0. The first-order valence-corrected chi connectivity index (χ1v) is 5.30. The number of carboxylic acid groups (broad SMARTS) is 1. The van der Waals surface area contributed by atoms with Gasteiger partial charge in [-0.05, 0) is 24.6 Å². The SMILES string of the molecule is CN1C(=O)NCC1(C)c1ccc(C(=O)O)cc1. The van der Waals surface area contributed by atoms with Gasteiger partial charge in [0.25, 0.3) is 0 Å². The van der Waals surface area contributed by atoms with E-state index in [1.165, 1.54) is 0 Å². The lowest BCUT2D eigenvalue weighted by molar-refractivity contribution is 0.0696. The molecule has 90 valence electrons. The number of urea groups is 1. The lowest BCUT2D eigenvalue weighted by atomic mass is 9.91. The number of aromatic carboxylic acids is 1. The number of carboxylic acids is 1. The van der Waals surface area contributed by atoms with Crippen LogP contribution in [-0.2, 0) is 5.54 Å². The first kappa shape index (κ1) is 11.4. The van der Waals surface area contributed by atoms with Gasteiger partial charge in [0.05, 0.1) is 11.1 Å². The van der Waals surface area contributed by atoms with Crippen LogP contribution < -0.4 is 5.32 Å². The number of hydrogen-bond donors (Lipinski definition) is 2. The highest BCUT2D eigenvalue weighted by molar-refractivity contribution is 5.87. The monoisotopic (exact) mass is 234 g/mol. The highest BCUT2D eigenvalue weighted by Gasteiger charge is 2.40. The Bertz CT molecular complexity index is 469. The molecule has 17 heavy (non-hydrogen) atoms. The van der Waals surface area contributed by atoms with Crippen molar-refractivity contribution in [1.82, 2.24) is 10.2 Å². The molecule has 1 saturated heterocycles. The maximum Gasteiger partial charge on any atom is 0.335 e. The molecular formula is C12H14N2O3. The minimum Gasteiger partial charge on any atom is -0.478 e. The second kappa shape index (κ2) is 3.76. The smallest absolute Gasteiger partial charge is 0.335 e. The maximum absolute atomic E-state index is 11.5. The van der Waals surface area contributed by atoms with Crippen LogP contribution in [0.25, 0.3) is 0 Å². The van der Waals surface area contributed by atoms with E-state index in [4.69, 9.17) is 5.11 Å². The van der Waals surface area contributed by atoms with Crippen LogP contribution in [0.5, 0.6) is 0 Å². The molecule has 2 N–H and O–H groups in total. The third-order valence-electron chi connectivity index (χ3n) is 3.38. The van der Waals surface area contributed by atoms with Gasteiger partial charge >= 0.3 is 12.0 Å².